The summed E-state index contributed by atoms with van der Waals surface area (Å²) in [4.78, 5) is 39.6. The number of hydrogen-bond acceptors (Lipinski definition) is 6. The van der Waals surface area contributed by atoms with Gasteiger partial charge in [0.2, 0.25) is 17.8 Å². The maximum absolute atomic E-state index is 12.1. The minimum absolute atomic E-state index is 0.0523. The van der Waals surface area contributed by atoms with Gasteiger partial charge in [0, 0.05) is 24.8 Å². The third kappa shape index (κ3) is 7.06. The van der Waals surface area contributed by atoms with Crippen molar-refractivity contribution >= 4 is 40.4 Å². The molecule has 0 atom stereocenters. The second-order valence-corrected chi connectivity index (χ2v) is 8.95. The van der Waals surface area contributed by atoms with Crippen LogP contribution in [0.1, 0.15) is 64.5 Å². The third-order valence-electron chi connectivity index (χ3n) is 6.47. The Morgan fingerprint density at radius 1 is 1.05 bits per heavy atom. The van der Waals surface area contributed by atoms with E-state index < -0.39 is 0 Å². The summed E-state index contributed by atoms with van der Waals surface area (Å²) in [6.07, 6.45) is 10.5. The zero-order chi connectivity index (χ0) is 27.5. The fraction of sp³-hybridized carbons (Fsp3) is 0.414. The molecule has 0 unspecified atom stereocenters. The third-order valence-corrected chi connectivity index (χ3v) is 6.47. The van der Waals surface area contributed by atoms with Crippen LogP contribution in [0.4, 0.5) is 17.5 Å². The molecule has 0 radical (unpaired) electrons. The molecule has 2 aromatic heterocycles. The number of anilines is 3. The quantitative estimate of drug-likeness (QED) is 0.260. The predicted molar refractivity (Wildman–Crippen MR) is 153 cm³/mol. The van der Waals surface area contributed by atoms with Crippen LogP contribution in [0.5, 0.6) is 0 Å². The van der Waals surface area contributed by atoms with E-state index >= 15 is 0 Å². The number of nitrogens with one attached hydrogen (secondary N) is 2. The van der Waals surface area contributed by atoms with Crippen molar-refractivity contribution in [2.24, 2.45) is 0 Å². The topological polar surface area (TPSA) is 105 Å². The Hall–Kier alpha value is -4.01. The van der Waals surface area contributed by atoms with Gasteiger partial charge < -0.3 is 20.1 Å². The van der Waals surface area contributed by atoms with E-state index in [9.17, 15) is 9.59 Å². The monoisotopic (exact) mass is 517 g/mol. The summed E-state index contributed by atoms with van der Waals surface area (Å²) >= 11 is 0. The number of unbranched alkanes of at least 4 members (excludes halogenated alkanes) is 2. The Morgan fingerprint density at radius 2 is 1.76 bits per heavy atom. The first kappa shape index (κ1) is 28.6. The number of nitrogens with zero attached hydrogens (tertiary/aromatic N) is 5. The molecule has 0 spiro atoms. The van der Waals surface area contributed by atoms with Crippen LogP contribution in [-0.4, -0.2) is 49.3 Å². The van der Waals surface area contributed by atoms with Gasteiger partial charge >= 0.3 is 0 Å². The lowest BCUT2D eigenvalue weighted by molar-refractivity contribution is -0.127. The Balaban J connectivity index is 0.00000195. The molecular formula is C29H39N7O2. The molecule has 202 valence electrons. The Bertz CT molecular complexity index is 1240. The van der Waals surface area contributed by atoms with E-state index in [0.717, 1.165) is 24.9 Å². The lowest BCUT2D eigenvalue weighted by Gasteiger charge is -2.32. The lowest BCUT2D eigenvalue weighted by atomic mass is 10.0. The largest absolute Gasteiger partial charge is 0.339 e. The first-order valence-corrected chi connectivity index (χ1v) is 13.5. The van der Waals surface area contributed by atoms with Crippen molar-refractivity contribution in [3.05, 3.63) is 61.5 Å². The van der Waals surface area contributed by atoms with Crippen molar-refractivity contribution < 1.29 is 9.59 Å². The Labute approximate surface area is 225 Å². The molecule has 0 aliphatic carbocycles. The normalized spacial score (nSPS) is 13.4. The van der Waals surface area contributed by atoms with Gasteiger partial charge in [-0.1, -0.05) is 58.9 Å². The minimum atomic E-state index is -0.372. The van der Waals surface area contributed by atoms with Gasteiger partial charge in [0.25, 0.3) is 0 Å². The number of imidazole rings is 1. The molecule has 2 N–H and O–H groups in total. The summed E-state index contributed by atoms with van der Waals surface area (Å²) in [5, 5.41) is 6.02. The predicted octanol–water partition coefficient (Wildman–Crippen LogP) is 5.80. The van der Waals surface area contributed by atoms with Crippen LogP contribution in [0.3, 0.4) is 0 Å². The minimum Gasteiger partial charge on any atom is -0.339 e. The number of carbonyl (C=O) groups is 2. The Kier molecular flexibility index (Phi) is 10.6. The fourth-order valence-corrected chi connectivity index (χ4v) is 4.45. The molecule has 1 saturated heterocycles. The van der Waals surface area contributed by atoms with Crippen LogP contribution in [0, 0.1) is 0 Å². The summed E-state index contributed by atoms with van der Waals surface area (Å²) in [6.45, 7) is 14.6. The van der Waals surface area contributed by atoms with E-state index in [2.05, 4.69) is 52.8 Å². The number of benzene rings is 1. The molecule has 9 heteroatoms. The molecule has 9 nitrogen and oxygen atoms in total. The van der Waals surface area contributed by atoms with Gasteiger partial charge in [0.05, 0.1) is 6.33 Å². The van der Waals surface area contributed by atoms with E-state index in [1.54, 1.807) is 11.2 Å². The second-order valence-electron chi connectivity index (χ2n) is 8.95. The van der Waals surface area contributed by atoms with Gasteiger partial charge in [-0.05, 0) is 55.5 Å². The van der Waals surface area contributed by atoms with E-state index in [1.165, 1.54) is 37.0 Å². The van der Waals surface area contributed by atoms with Gasteiger partial charge in [-0.3, -0.25) is 9.59 Å². The van der Waals surface area contributed by atoms with Crippen LogP contribution in [-0.2, 0) is 16.0 Å². The van der Waals surface area contributed by atoms with Crippen molar-refractivity contribution in [3.63, 3.8) is 0 Å². The summed E-state index contributed by atoms with van der Waals surface area (Å²) in [6, 6.07) is 8.37. The van der Waals surface area contributed by atoms with Crippen molar-refractivity contribution in [2.45, 2.75) is 65.3 Å². The first-order valence-electron chi connectivity index (χ1n) is 13.5. The highest BCUT2D eigenvalue weighted by molar-refractivity contribution is 6.02. The van der Waals surface area contributed by atoms with Crippen molar-refractivity contribution in [1.82, 2.24) is 24.4 Å². The number of aryl methyl sites for hydroxylation is 1. The lowest BCUT2D eigenvalue weighted by Crippen LogP contribution is -2.38. The summed E-state index contributed by atoms with van der Waals surface area (Å²) < 4.78 is 2.01. The van der Waals surface area contributed by atoms with E-state index in [4.69, 9.17) is 4.98 Å². The average molecular weight is 518 g/mol. The number of aromatic nitrogens is 4. The van der Waals surface area contributed by atoms with Gasteiger partial charge in [-0.15, -0.1) is 0 Å². The van der Waals surface area contributed by atoms with Crippen LogP contribution in [0.2, 0.25) is 0 Å². The van der Waals surface area contributed by atoms with Gasteiger partial charge in [0.1, 0.15) is 0 Å². The number of piperidine rings is 1. The highest BCUT2D eigenvalue weighted by Gasteiger charge is 2.25. The number of carbonyl (C=O) groups excluding carboxylic acids is 2. The van der Waals surface area contributed by atoms with Gasteiger partial charge in [0.15, 0.2) is 17.0 Å². The van der Waals surface area contributed by atoms with Gasteiger partial charge in [-0.2, -0.15) is 9.97 Å². The van der Waals surface area contributed by atoms with E-state index in [1.807, 2.05) is 30.5 Å². The van der Waals surface area contributed by atoms with Crippen molar-refractivity contribution in [2.75, 3.05) is 23.7 Å². The Morgan fingerprint density at radius 3 is 2.39 bits per heavy atom. The van der Waals surface area contributed by atoms with Crippen LogP contribution >= 0.6 is 0 Å². The smallest absolute Gasteiger partial charge is 0.248 e. The molecule has 2 amide bonds. The van der Waals surface area contributed by atoms with Crippen LogP contribution in [0.25, 0.3) is 11.2 Å². The molecule has 1 aliphatic rings. The van der Waals surface area contributed by atoms with Gasteiger partial charge in [-0.25, -0.2) is 4.98 Å². The van der Waals surface area contributed by atoms with E-state index in [0.29, 0.717) is 36.0 Å². The first-order chi connectivity index (χ1) is 18.5. The second kappa shape index (κ2) is 14.1. The van der Waals surface area contributed by atoms with Crippen molar-refractivity contribution in [1.29, 1.82) is 0 Å². The highest BCUT2D eigenvalue weighted by atomic mass is 16.2. The van der Waals surface area contributed by atoms with Crippen LogP contribution < -0.4 is 10.6 Å². The molecule has 1 aliphatic heterocycles. The molecule has 1 aromatic carbocycles. The molecule has 0 saturated carbocycles. The number of likely N-dealkylation sites (tertiary alicyclic amines) is 1. The van der Waals surface area contributed by atoms with E-state index in [-0.39, 0.29) is 17.9 Å². The molecule has 1 fully saturated rings. The molecular weight excluding hydrogens is 478 g/mol. The molecule has 3 aromatic rings. The summed E-state index contributed by atoms with van der Waals surface area (Å²) in [7, 11) is 0. The van der Waals surface area contributed by atoms with Crippen LogP contribution in [0.15, 0.2) is 55.9 Å². The number of hydrogen-bond donors (Lipinski definition) is 2. The molecule has 3 heterocycles. The highest BCUT2D eigenvalue weighted by Crippen LogP contribution is 2.29. The van der Waals surface area contributed by atoms with Crippen molar-refractivity contribution in [3.8, 4) is 0 Å². The maximum atomic E-state index is 12.1. The number of rotatable bonds is 10. The summed E-state index contributed by atoms with van der Waals surface area (Å²) in [5.74, 6) is 0.259. The molecule has 38 heavy (non-hydrogen) atoms. The number of amides is 2. The SMILES string of the molecule is C=CC(=O)Nc1nc(Nc2ccc(CCCCC)cc2)nc2c1ncn2C1CCN(C(=O)C=C)CC1.CC. The zero-order valence-electron chi connectivity index (χ0n) is 22.7. The average Bonchev–Trinajstić information content (AvgIpc) is 3.39. The molecule has 0 bridgehead atoms. The summed E-state index contributed by atoms with van der Waals surface area (Å²) in [5.41, 5.74) is 3.28. The molecule has 4 rings (SSSR count). The number of fused-ring (bicyclic) bond motifs is 1. The fourth-order valence-electron chi connectivity index (χ4n) is 4.45. The zero-order valence-corrected chi connectivity index (χ0v) is 22.7. The maximum Gasteiger partial charge on any atom is 0.248 e. The standard InChI is InChI=1S/C27H33N7O2.C2H6/c1-4-7-8-9-19-10-12-20(13-11-19)29-27-31-25(30-22(35)5-2)24-26(32-27)34(18-28-24)21-14-16-33(17-15-21)23(36)6-3;1-2/h5-6,10-13,18,21H,2-4,7-9,14-17H2,1H3,(H2,29,30,31,32,35);1-2H3.